The molecule has 3 aromatic carbocycles. The van der Waals surface area contributed by atoms with Gasteiger partial charge < -0.3 is 21.1 Å². The van der Waals surface area contributed by atoms with Crippen LogP contribution < -0.4 is 21.1 Å². The zero-order chi connectivity index (χ0) is 27.4. The van der Waals surface area contributed by atoms with Crippen LogP contribution in [-0.4, -0.2) is 45.7 Å². The molecule has 39 heavy (non-hydrogen) atoms. The molecule has 2 heterocycles. The molecule has 9 heteroatoms. The third-order valence-electron chi connectivity index (χ3n) is 7.75. The Hall–Kier alpha value is -4.21. The summed E-state index contributed by atoms with van der Waals surface area (Å²) in [6.45, 7) is 2.89. The van der Waals surface area contributed by atoms with E-state index in [-0.39, 0.29) is 22.6 Å². The molecule has 1 aromatic heterocycles. The molecule has 0 aliphatic carbocycles. The smallest absolute Gasteiger partial charge is 0.449 e. The molecule has 3 atom stereocenters. The molecule has 3 unspecified atom stereocenters. The molecule has 0 radical (unpaired) electrons. The van der Waals surface area contributed by atoms with Crippen molar-refractivity contribution in [2.45, 2.75) is 51.2 Å². The van der Waals surface area contributed by atoms with Crippen molar-refractivity contribution in [1.29, 1.82) is 0 Å². The summed E-state index contributed by atoms with van der Waals surface area (Å²) in [5.41, 5.74) is 14.1. The van der Waals surface area contributed by atoms with Gasteiger partial charge in [0.15, 0.2) is 5.69 Å². The molecule has 0 spiro atoms. The van der Waals surface area contributed by atoms with E-state index in [4.69, 9.17) is 5.73 Å². The zero-order valence-electron chi connectivity index (χ0n) is 22.1. The van der Waals surface area contributed by atoms with Crippen LogP contribution in [0.3, 0.4) is 0 Å². The van der Waals surface area contributed by atoms with E-state index >= 15 is 0 Å². The number of nitrogens with two attached hydrogens (primary N) is 1. The number of fused-ring (bicyclic) bond motifs is 1. The van der Waals surface area contributed by atoms with Gasteiger partial charge >= 0.3 is 6.09 Å². The van der Waals surface area contributed by atoms with Gasteiger partial charge in [-0.3, -0.25) is 4.79 Å². The minimum atomic E-state index is -1.08. The van der Waals surface area contributed by atoms with E-state index in [1.807, 2.05) is 55.5 Å². The molecule has 1 fully saturated rings. The number of aryl methyl sites for hydroxylation is 2. The summed E-state index contributed by atoms with van der Waals surface area (Å²) in [5, 5.41) is 13.2. The highest BCUT2D eigenvalue weighted by Crippen LogP contribution is 2.35. The molecule has 5 rings (SSSR count). The number of carbonyl (C=O) groups excluding carboxylic acids is 1. The van der Waals surface area contributed by atoms with Crippen LogP contribution in [0.5, 0.6) is 0 Å². The first-order valence-corrected chi connectivity index (χ1v) is 13.4. The van der Waals surface area contributed by atoms with Gasteiger partial charge in [-0.05, 0) is 42.7 Å². The number of hydrogen-bond donors (Lipinski definition) is 5. The normalized spacial score (nSPS) is 21.0. The van der Waals surface area contributed by atoms with Crippen LogP contribution in [0, 0.1) is 6.92 Å². The average Bonchev–Trinajstić information content (AvgIpc) is 3.32. The molecule has 4 aromatic rings. The predicted molar refractivity (Wildman–Crippen MR) is 152 cm³/mol. The fourth-order valence-electron chi connectivity index (χ4n) is 5.77. The van der Waals surface area contributed by atoms with Crippen LogP contribution >= 0.6 is 0 Å². The van der Waals surface area contributed by atoms with Crippen molar-refractivity contribution < 1.29 is 14.7 Å². The van der Waals surface area contributed by atoms with Crippen molar-refractivity contribution in [3.8, 4) is 0 Å². The van der Waals surface area contributed by atoms with Crippen molar-refractivity contribution >= 4 is 28.7 Å². The SMILES string of the molecule is Cc1nc2ccc([N+]3(NC(=O)O)CCC(NC(=O)c4ccccc4)CC3CCc3ccc(CN)cc3)cc2[nH]1. The van der Waals surface area contributed by atoms with Gasteiger partial charge in [0.25, 0.3) is 5.91 Å². The van der Waals surface area contributed by atoms with E-state index in [0.717, 1.165) is 46.5 Å². The lowest BCUT2D eigenvalue weighted by Gasteiger charge is -2.47. The number of rotatable bonds is 8. The minimum Gasteiger partial charge on any atom is -0.462 e. The van der Waals surface area contributed by atoms with Crippen LogP contribution in [0.2, 0.25) is 0 Å². The largest absolute Gasteiger partial charge is 0.462 e. The summed E-state index contributed by atoms with van der Waals surface area (Å²) >= 11 is 0. The number of aromatic amines is 1. The third kappa shape index (κ3) is 5.79. The van der Waals surface area contributed by atoms with Gasteiger partial charge in [0.1, 0.15) is 18.4 Å². The molecule has 1 aliphatic rings. The van der Waals surface area contributed by atoms with E-state index in [1.54, 1.807) is 12.1 Å². The Kier molecular flexibility index (Phi) is 7.63. The predicted octanol–water partition coefficient (Wildman–Crippen LogP) is 4.41. The van der Waals surface area contributed by atoms with Crippen LogP contribution in [0.4, 0.5) is 10.5 Å². The second-order valence-corrected chi connectivity index (χ2v) is 10.3. The quantitative estimate of drug-likeness (QED) is 0.217. The summed E-state index contributed by atoms with van der Waals surface area (Å²) in [7, 11) is 0. The maximum Gasteiger partial charge on any atom is 0.449 e. The lowest BCUT2D eigenvalue weighted by atomic mass is 9.90. The highest BCUT2D eigenvalue weighted by Gasteiger charge is 2.47. The molecule has 2 amide bonds. The number of aromatic nitrogens is 2. The van der Waals surface area contributed by atoms with Crippen molar-refractivity contribution in [2.75, 3.05) is 6.54 Å². The first kappa shape index (κ1) is 26.4. The monoisotopic (exact) mass is 527 g/mol. The fourth-order valence-corrected chi connectivity index (χ4v) is 5.77. The first-order valence-electron chi connectivity index (χ1n) is 13.4. The van der Waals surface area contributed by atoms with E-state index in [2.05, 4.69) is 32.8 Å². The number of nitrogens with one attached hydrogen (secondary N) is 3. The number of carbonyl (C=O) groups is 2. The standard InChI is InChI=1S/C30H34N6O3/c1-20-32-27-14-13-26(18-28(27)33-20)36(35-30(38)39)16-15-24(34-29(37)23-5-3-2-4-6-23)17-25(36)12-11-21-7-9-22(19-31)10-8-21/h2-10,13-14,18,24-25,35H,11-12,15-17,19,31H2,1H3,(H2-,32,33,34,37,38,39)/p+1. The van der Waals surface area contributed by atoms with E-state index in [9.17, 15) is 14.7 Å². The van der Waals surface area contributed by atoms with Gasteiger partial charge in [-0.1, -0.05) is 42.5 Å². The number of nitrogens with zero attached hydrogens (tertiary/aromatic N) is 2. The molecule has 0 saturated carbocycles. The highest BCUT2D eigenvalue weighted by molar-refractivity contribution is 5.94. The van der Waals surface area contributed by atoms with Crippen LogP contribution in [0.25, 0.3) is 11.0 Å². The molecule has 202 valence electrons. The van der Waals surface area contributed by atoms with Crippen LogP contribution in [0.1, 0.15) is 46.6 Å². The number of piperidine rings is 1. The Morgan fingerprint density at radius 1 is 1.08 bits per heavy atom. The molecule has 1 aliphatic heterocycles. The van der Waals surface area contributed by atoms with Crippen molar-refractivity contribution in [2.24, 2.45) is 5.73 Å². The van der Waals surface area contributed by atoms with Gasteiger partial charge in [0, 0.05) is 49.5 Å². The first-order chi connectivity index (χ1) is 18.9. The Morgan fingerprint density at radius 2 is 1.82 bits per heavy atom. The van der Waals surface area contributed by atoms with Crippen molar-refractivity contribution in [1.82, 2.24) is 25.3 Å². The zero-order valence-corrected chi connectivity index (χ0v) is 22.1. The molecular weight excluding hydrogens is 492 g/mol. The van der Waals surface area contributed by atoms with Gasteiger partial charge in [0.2, 0.25) is 0 Å². The maximum atomic E-state index is 13.0. The number of imidazole rings is 1. The lowest BCUT2D eigenvalue weighted by molar-refractivity contribution is 0.0621. The van der Waals surface area contributed by atoms with E-state index < -0.39 is 6.09 Å². The van der Waals surface area contributed by atoms with Crippen LogP contribution in [0.15, 0.2) is 72.8 Å². The number of benzene rings is 3. The van der Waals surface area contributed by atoms with Gasteiger partial charge in [-0.15, -0.1) is 0 Å². The number of H-pyrrole nitrogens is 1. The van der Waals surface area contributed by atoms with Crippen molar-refractivity contribution in [3.63, 3.8) is 0 Å². The lowest BCUT2D eigenvalue weighted by Crippen LogP contribution is -2.71. The van der Waals surface area contributed by atoms with Gasteiger partial charge in [-0.25, -0.2) is 9.78 Å². The Labute approximate surface area is 227 Å². The molecular formula is C30H35N6O3+. The Morgan fingerprint density at radius 3 is 2.54 bits per heavy atom. The van der Waals surface area contributed by atoms with Gasteiger partial charge in [0.05, 0.1) is 11.0 Å². The summed E-state index contributed by atoms with van der Waals surface area (Å²) in [6.07, 6.45) is 1.65. The summed E-state index contributed by atoms with van der Waals surface area (Å²) in [6, 6.07) is 23.1. The third-order valence-corrected chi connectivity index (χ3v) is 7.75. The minimum absolute atomic E-state index is 0.0812. The maximum absolute atomic E-state index is 13.0. The highest BCUT2D eigenvalue weighted by atomic mass is 16.4. The summed E-state index contributed by atoms with van der Waals surface area (Å²) in [5.74, 6) is 0.692. The number of carboxylic acid groups (broad SMARTS) is 1. The number of hydrogen-bond acceptors (Lipinski definition) is 4. The number of amides is 2. The van der Waals surface area contributed by atoms with Crippen LogP contribution in [-0.2, 0) is 13.0 Å². The number of quaternary nitrogens is 1. The second-order valence-electron chi connectivity index (χ2n) is 10.3. The average molecular weight is 528 g/mol. The molecule has 6 N–H and O–H groups in total. The fraction of sp³-hybridized carbons (Fsp3) is 0.300. The summed E-state index contributed by atoms with van der Waals surface area (Å²) < 4.78 is 0.0852. The van der Waals surface area contributed by atoms with Gasteiger partial charge in [-0.2, -0.15) is 10.0 Å². The summed E-state index contributed by atoms with van der Waals surface area (Å²) in [4.78, 5) is 33.0. The molecule has 1 saturated heterocycles. The van der Waals surface area contributed by atoms with Crippen molar-refractivity contribution in [3.05, 3.63) is 95.3 Å². The Balaban J connectivity index is 1.47. The second kappa shape index (κ2) is 11.3. The van der Waals surface area contributed by atoms with E-state index in [0.29, 0.717) is 31.5 Å². The molecule has 9 nitrogen and oxygen atoms in total. The van der Waals surface area contributed by atoms with E-state index in [1.165, 1.54) is 0 Å². The molecule has 0 bridgehead atoms. The topological polar surface area (TPSA) is 133 Å². The Bertz CT molecular complexity index is 1450.